The van der Waals surface area contributed by atoms with Crippen LogP contribution in [-0.4, -0.2) is 57.9 Å². The summed E-state index contributed by atoms with van der Waals surface area (Å²) in [6.45, 7) is 4.48. The first-order chi connectivity index (χ1) is 13.0. The van der Waals surface area contributed by atoms with E-state index in [2.05, 4.69) is 10.00 Å². The molecular formula is C19H23N5O3. The predicted molar refractivity (Wildman–Crippen MR) is 101 cm³/mol. The number of nitrogens with zero attached hydrogens (tertiary/aromatic N) is 4. The van der Waals surface area contributed by atoms with Crippen LogP contribution in [0, 0.1) is 6.92 Å². The molecule has 1 aliphatic heterocycles. The average Bonchev–Trinajstić information content (AvgIpc) is 3.04. The number of hydrogen-bond donors (Lipinski definition) is 2. The molecule has 0 spiro atoms. The molecule has 8 nitrogen and oxygen atoms in total. The van der Waals surface area contributed by atoms with Crippen LogP contribution in [0.4, 0.5) is 5.69 Å². The first kappa shape index (κ1) is 18.7. The van der Waals surface area contributed by atoms with E-state index in [0.717, 1.165) is 16.9 Å². The van der Waals surface area contributed by atoms with Gasteiger partial charge < -0.3 is 9.80 Å². The minimum Gasteiger partial charge on any atom is -0.367 e. The Kier molecular flexibility index (Phi) is 5.56. The van der Waals surface area contributed by atoms with Gasteiger partial charge in [-0.2, -0.15) is 5.10 Å². The van der Waals surface area contributed by atoms with Crippen LogP contribution >= 0.6 is 0 Å². The monoisotopic (exact) mass is 369 g/mol. The lowest BCUT2D eigenvalue weighted by Crippen LogP contribution is -2.49. The average molecular weight is 369 g/mol. The molecule has 1 saturated heterocycles. The van der Waals surface area contributed by atoms with Gasteiger partial charge in [-0.05, 0) is 30.7 Å². The highest BCUT2D eigenvalue weighted by atomic mass is 16.5. The van der Waals surface area contributed by atoms with Crippen LogP contribution in [-0.2, 0) is 11.8 Å². The van der Waals surface area contributed by atoms with Gasteiger partial charge in [-0.3, -0.25) is 19.5 Å². The lowest BCUT2D eigenvalue weighted by atomic mass is 10.1. The first-order valence-electron chi connectivity index (χ1n) is 8.75. The molecule has 2 aromatic rings. The zero-order valence-corrected chi connectivity index (χ0v) is 15.4. The lowest BCUT2D eigenvalue weighted by Gasteiger charge is -2.36. The van der Waals surface area contributed by atoms with E-state index in [1.807, 2.05) is 36.1 Å². The van der Waals surface area contributed by atoms with Gasteiger partial charge in [0.25, 0.3) is 11.8 Å². The standard InChI is InChI=1S/C19H23N5O3/c1-14-13-17(22(2)20-14)19(26)24-11-9-23(10-12-24)16-6-4-3-5-15(16)7-8-18(25)21-27/h3-8,13,27H,9-12H2,1-2H3,(H,21,25)/b8-7+. The van der Waals surface area contributed by atoms with Gasteiger partial charge in [0.1, 0.15) is 5.69 Å². The topological polar surface area (TPSA) is 90.7 Å². The summed E-state index contributed by atoms with van der Waals surface area (Å²) in [4.78, 5) is 28.0. The van der Waals surface area contributed by atoms with Crippen molar-refractivity contribution in [3.05, 3.63) is 53.4 Å². The molecule has 2 amide bonds. The maximum atomic E-state index is 12.7. The highest BCUT2D eigenvalue weighted by molar-refractivity contribution is 5.93. The number of amides is 2. The minimum absolute atomic E-state index is 0.00875. The van der Waals surface area contributed by atoms with E-state index >= 15 is 0 Å². The number of hydrogen-bond acceptors (Lipinski definition) is 5. The van der Waals surface area contributed by atoms with Gasteiger partial charge in [0.15, 0.2) is 0 Å². The Morgan fingerprint density at radius 3 is 2.52 bits per heavy atom. The van der Waals surface area contributed by atoms with E-state index in [1.165, 1.54) is 6.08 Å². The van der Waals surface area contributed by atoms with Crippen molar-refractivity contribution < 1.29 is 14.8 Å². The molecule has 2 N–H and O–H groups in total. The van der Waals surface area contributed by atoms with Crippen molar-refractivity contribution >= 4 is 23.6 Å². The van der Waals surface area contributed by atoms with Gasteiger partial charge in [0, 0.05) is 45.0 Å². The summed E-state index contributed by atoms with van der Waals surface area (Å²) >= 11 is 0. The van der Waals surface area contributed by atoms with Gasteiger partial charge in [-0.1, -0.05) is 18.2 Å². The van der Waals surface area contributed by atoms with E-state index in [0.29, 0.717) is 31.9 Å². The second-order valence-corrected chi connectivity index (χ2v) is 6.44. The summed E-state index contributed by atoms with van der Waals surface area (Å²) in [5, 5.41) is 12.9. The van der Waals surface area contributed by atoms with Crippen LogP contribution in [0.15, 0.2) is 36.4 Å². The summed E-state index contributed by atoms with van der Waals surface area (Å²) in [5.41, 5.74) is 4.87. The summed E-state index contributed by atoms with van der Waals surface area (Å²) in [6.07, 6.45) is 2.94. The van der Waals surface area contributed by atoms with Gasteiger partial charge in [-0.25, -0.2) is 5.48 Å². The molecule has 8 heteroatoms. The van der Waals surface area contributed by atoms with Crippen molar-refractivity contribution in [2.75, 3.05) is 31.1 Å². The SMILES string of the molecule is Cc1cc(C(=O)N2CCN(c3ccccc3/C=C/C(=O)NO)CC2)n(C)n1. The molecule has 3 rings (SSSR count). The summed E-state index contributed by atoms with van der Waals surface area (Å²) < 4.78 is 1.62. The highest BCUT2D eigenvalue weighted by Crippen LogP contribution is 2.23. The fourth-order valence-corrected chi connectivity index (χ4v) is 3.24. The van der Waals surface area contributed by atoms with Crippen LogP contribution in [0.1, 0.15) is 21.7 Å². The second-order valence-electron chi connectivity index (χ2n) is 6.44. The molecular weight excluding hydrogens is 346 g/mol. The van der Waals surface area contributed by atoms with E-state index in [-0.39, 0.29) is 5.91 Å². The van der Waals surface area contributed by atoms with Crippen molar-refractivity contribution in [2.24, 2.45) is 7.05 Å². The summed E-state index contributed by atoms with van der Waals surface area (Å²) in [6, 6.07) is 9.53. The fourth-order valence-electron chi connectivity index (χ4n) is 3.24. The Labute approximate surface area is 157 Å². The molecule has 2 heterocycles. The van der Waals surface area contributed by atoms with E-state index in [1.54, 1.807) is 29.4 Å². The first-order valence-corrected chi connectivity index (χ1v) is 8.75. The molecule has 0 unspecified atom stereocenters. The van der Waals surface area contributed by atoms with Crippen LogP contribution in [0.2, 0.25) is 0 Å². The zero-order valence-electron chi connectivity index (χ0n) is 15.4. The molecule has 142 valence electrons. The molecule has 1 aliphatic rings. The van der Waals surface area contributed by atoms with Gasteiger partial charge in [0.2, 0.25) is 0 Å². The number of aromatic nitrogens is 2. The largest absolute Gasteiger partial charge is 0.367 e. The maximum Gasteiger partial charge on any atom is 0.272 e. The number of para-hydroxylation sites is 1. The number of nitrogens with one attached hydrogen (secondary N) is 1. The third-order valence-corrected chi connectivity index (χ3v) is 4.59. The molecule has 0 saturated carbocycles. The third-order valence-electron chi connectivity index (χ3n) is 4.59. The van der Waals surface area contributed by atoms with E-state index in [9.17, 15) is 9.59 Å². The molecule has 0 bridgehead atoms. The number of carbonyl (C=O) groups is 2. The molecule has 0 radical (unpaired) electrons. The maximum absolute atomic E-state index is 12.7. The van der Waals surface area contributed by atoms with Crippen LogP contribution < -0.4 is 10.4 Å². The Morgan fingerprint density at radius 2 is 1.89 bits per heavy atom. The molecule has 1 aromatic heterocycles. The number of rotatable bonds is 4. The Bertz CT molecular complexity index is 866. The van der Waals surface area contributed by atoms with Crippen LogP contribution in [0.3, 0.4) is 0 Å². The van der Waals surface area contributed by atoms with Crippen molar-refractivity contribution in [2.45, 2.75) is 6.92 Å². The van der Waals surface area contributed by atoms with Crippen molar-refractivity contribution in [1.82, 2.24) is 20.2 Å². The number of carbonyl (C=O) groups excluding carboxylic acids is 2. The molecule has 1 aromatic carbocycles. The lowest BCUT2D eigenvalue weighted by molar-refractivity contribution is -0.124. The summed E-state index contributed by atoms with van der Waals surface area (Å²) in [5.74, 6) is -0.586. The number of aryl methyl sites for hydroxylation is 2. The molecule has 0 aliphatic carbocycles. The van der Waals surface area contributed by atoms with Crippen molar-refractivity contribution in [3.8, 4) is 0 Å². The summed E-state index contributed by atoms with van der Waals surface area (Å²) in [7, 11) is 1.78. The minimum atomic E-state index is -0.577. The Balaban J connectivity index is 1.69. The Morgan fingerprint density at radius 1 is 1.19 bits per heavy atom. The van der Waals surface area contributed by atoms with Gasteiger partial charge >= 0.3 is 0 Å². The molecule has 27 heavy (non-hydrogen) atoms. The predicted octanol–water partition coefficient (Wildman–Crippen LogP) is 1.21. The normalized spacial score (nSPS) is 14.6. The molecule has 0 atom stereocenters. The zero-order chi connectivity index (χ0) is 19.4. The van der Waals surface area contributed by atoms with Gasteiger partial charge in [0.05, 0.1) is 5.69 Å². The quantitative estimate of drug-likeness (QED) is 0.480. The van der Waals surface area contributed by atoms with Gasteiger partial charge in [-0.15, -0.1) is 0 Å². The smallest absolute Gasteiger partial charge is 0.272 e. The number of piperazine rings is 1. The van der Waals surface area contributed by atoms with Crippen LogP contribution in [0.5, 0.6) is 0 Å². The number of hydroxylamine groups is 1. The fraction of sp³-hybridized carbons (Fsp3) is 0.316. The van der Waals surface area contributed by atoms with E-state index in [4.69, 9.17) is 5.21 Å². The Hall–Kier alpha value is -3.13. The highest BCUT2D eigenvalue weighted by Gasteiger charge is 2.25. The van der Waals surface area contributed by atoms with Crippen molar-refractivity contribution in [1.29, 1.82) is 0 Å². The number of anilines is 1. The number of benzene rings is 1. The second kappa shape index (κ2) is 8.05. The van der Waals surface area contributed by atoms with Crippen molar-refractivity contribution in [3.63, 3.8) is 0 Å². The van der Waals surface area contributed by atoms with E-state index < -0.39 is 5.91 Å². The molecule has 1 fully saturated rings. The van der Waals surface area contributed by atoms with Crippen LogP contribution in [0.25, 0.3) is 6.08 Å². The third kappa shape index (κ3) is 4.17.